The number of carbonyl (C=O) groups excluding carboxylic acids is 1. The van der Waals surface area contributed by atoms with Gasteiger partial charge in [0.05, 0.1) is 20.0 Å². The van der Waals surface area contributed by atoms with Crippen molar-refractivity contribution in [3.8, 4) is 11.5 Å². The molecule has 0 radical (unpaired) electrons. The number of hydrogen-bond donors (Lipinski definition) is 0. The summed E-state index contributed by atoms with van der Waals surface area (Å²) >= 11 is 0. The first kappa shape index (κ1) is 28.4. The van der Waals surface area contributed by atoms with Crippen LogP contribution in [0.25, 0.3) is 5.57 Å². The van der Waals surface area contributed by atoms with E-state index in [0.717, 1.165) is 30.3 Å². The van der Waals surface area contributed by atoms with Crippen LogP contribution in [-0.2, 0) is 20.4 Å². The summed E-state index contributed by atoms with van der Waals surface area (Å²) in [6.45, 7) is -0.332. The lowest BCUT2D eigenvalue weighted by Gasteiger charge is -2.46. The normalized spacial score (nSPS) is 19.0. The van der Waals surface area contributed by atoms with Crippen LogP contribution >= 0.6 is 0 Å². The Bertz CT molecular complexity index is 1250. The Balaban J connectivity index is 2.05. The van der Waals surface area contributed by atoms with Gasteiger partial charge in [0.25, 0.3) is 5.91 Å². The predicted molar refractivity (Wildman–Crippen MR) is 122 cm³/mol. The number of halogens is 6. The van der Waals surface area contributed by atoms with E-state index in [0.29, 0.717) is 12.0 Å². The van der Waals surface area contributed by atoms with Crippen LogP contribution in [0.1, 0.15) is 30.4 Å². The van der Waals surface area contributed by atoms with Gasteiger partial charge in [-0.2, -0.15) is 26.3 Å². The third-order valence-corrected chi connectivity index (χ3v) is 6.91. The second-order valence-electron chi connectivity index (χ2n) is 8.39. The standard InChI is InChI=1S/C24H23F6NO5S/c1-35-19-8-4-16(5-9-19)17-14-21(32)31(37(2,33)34)22(15-17,24(28,29)30)18-6-10-20(11-7-18)36-13-3-12-23(25,26)27/h4-11,14H,3,12-13,15H2,1-2H3. The largest absolute Gasteiger partial charge is 0.497 e. The van der Waals surface area contributed by atoms with E-state index >= 15 is 0 Å². The Kier molecular flexibility index (Phi) is 7.87. The zero-order chi connectivity index (χ0) is 27.6. The maximum absolute atomic E-state index is 14.9. The molecule has 0 saturated heterocycles. The average Bonchev–Trinajstić information content (AvgIpc) is 2.79. The minimum absolute atomic E-state index is 0.0118. The molecule has 37 heavy (non-hydrogen) atoms. The number of nitrogens with zero attached hydrogens (tertiary/aromatic N) is 1. The van der Waals surface area contributed by atoms with Gasteiger partial charge in [-0.25, -0.2) is 12.7 Å². The lowest BCUT2D eigenvalue weighted by atomic mass is 9.78. The molecule has 6 nitrogen and oxygen atoms in total. The highest BCUT2D eigenvalue weighted by molar-refractivity contribution is 7.89. The first-order chi connectivity index (χ1) is 17.1. The summed E-state index contributed by atoms with van der Waals surface area (Å²) in [5, 5.41) is 0. The van der Waals surface area contributed by atoms with Crippen LogP contribution in [0.4, 0.5) is 26.3 Å². The summed E-state index contributed by atoms with van der Waals surface area (Å²) in [7, 11) is -3.31. The molecule has 0 spiro atoms. The van der Waals surface area contributed by atoms with Crippen molar-refractivity contribution in [2.45, 2.75) is 37.2 Å². The molecule has 3 rings (SSSR count). The van der Waals surface area contributed by atoms with Crippen molar-refractivity contribution in [2.24, 2.45) is 0 Å². The lowest BCUT2D eigenvalue weighted by molar-refractivity contribution is -0.221. The van der Waals surface area contributed by atoms with Gasteiger partial charge in [0.1, 0.15) is 11.5 Å². The molecule has 0 saturated carbocycles. The van der Waals surface area contributed by atoms with E-state index in [-0.39, 0.29) is 34.2 Å². The molecule has 2 aromatic carbocycles. The summed E-state index contributed by atoms with van der Waals surface area (Å²) in [5.41, 5.74) is -3.62. The number of carbonyl (C=O) groups is 1. The summed E-state index contributed by atoms with van der Waals surface area (Å²) in [6.07, 6.45) is -10.6. The molecular weight excluding hydrogens is 528 g/mol. The van der Waals surface area contributed by atoms with Gasteiger partial charge in [0.15, 0.2) is 5.54 Å². The highest BCUT2D eigenvalue weighted by Gasteiger charge is 2.65. The minimum Gasteiger partial charge on any atom is -0.497 e. The van der Waals surface area contributed by atoms with Crippen LogP contribution in [0.15, 0.2) is 54.6 Å². The van der Waals surface area contributed by atoms with Crippen LogP contribution in [0.2, 0.25) is 0 Å². The summed E-state index contributed by atoms with van der Waals surface area (Å²) in [5.74, 6) is -0.955. The van der Waals surface area contributed by atoms with Gasteiger partial charge in [-0.1, -0.05) is 24.3 Å². The summed E-state index contributed by atoms with van der Waals surface area (Å²) in [4.78, 5) is 12.9. The minimum atomic E-state index is -5.24. The van der Waals surface area contributed by atoms with Crippen LogP contribution in [0, 0.1) is 0 Å². The molecule has 0 aliphatic carbocycles. The second-order valence-corrected chi connectivity index (χ2v) is 10.2. The molecule has 202 valence electrons. The number of sulfonamides is 1. The van der Waals surface area contributed by atoms with Crippen molar-refractivity contribution in [1.82, 2.24) is 4.31 Å². The lowest BCUT2D eigenvalue weighted by Crippen LogP contribution is -2.61. The number of benzene rings is 2. The molecule has 0 N–H and O–H groups in total. The van der Waals surface area contributed by atoms with E-state index in [9.17, 15) is 39.6 Å². The molecule has 2 aromatic rings. The van der Waals surface area contributed by atoms with Crippen LogP contribution in [0.3, 0.4) is 0 Å². The number of alkyl halides is 6. The van der Waals surface area contributed by atoms with Crippen LogP contribution in [0.5, 0.6) is 11.5 Å². The molecule has 13 heteroatoms. The molecule has 1 heterocycles. The van der Waals surface area contributed by atoms with E-state index in [4.69, 9.17) is 9.47 Å². The first-order valence-corrected chi connectivity index (χ1v) is 12.7. The molecule has 1 aliphatic heterocycles. The molecular formula is C24H23F6NO5S. The Morgan fingerprint density at radius 1 is 0.946 bits per heavy atom. The van der Waals surface area contributed by atoms with Crippen molar-refractivity contribution in [2.75, 3.05) is 20.0 Å². The molecule has 0 fully saturated rings. The maximum Gasteiger partial charge on any atom is 0.417 e. The number of ether oxygens (including phenoxy) is 2. The van der Waals surface area contributed by atoms with Gasteiger partial charge in [-0.3, -0.25) is 4.79 Å². The van der Waals surface area contributed by atoms with E-state index < -0.39 is 52.2 Å². The second kappa shape index (κ2) is 10.3. The SMILES string of the molecule is COc1ccc(C2=CC(=O)N(S(C)(=O)=O)C(c3ccc(OCCCC(F)(F)F)cc3)(C(F)(F)F)C2)cc1. The molecule has 1 unspecified atom stereocenters. The van der Waals surface area contributed by atoms with Crippen molar-refractivity contribution < 1.29 is 49.0 Å². The zero-order valence-electron chi connectivity index (χ0n) is 19.7. The number of methoxy groups -OCH3 is 1. The Morgan fingerprint density at radius 3 is 2.00 bits per heavy atom. The third kappa shape index (κ3) is 6.20. The molecule has 1 amide bonds. The molecule has 1 aliphatic rings. The molecule has 0 aromatic heterocycles. The summed E-state index contributed by atoms with van der Waals surface area (Å²) in [6, 6.07) is 9.97. The highest BCUT2D eigenvalue weighted by atomic mass is 32.2. The number of rotatable bonds is 8. The average molecular weight is 552 g/mol. The number of hydrogen-bond acceptors (Lipinski definition) is 5. The fourth-order valence-corrected chi connectivity index (χ4v) is 5.34. The zero-order valence-corrected chi connectivity index (χ0v) is 20.5. The fourth-order valence-electron chi connectivity index (χ4n) is 4.12. The summed E-state index contributed by atoms with van der Waals surface area (Å²) < 4.78 is 117. The third-order valence-electron chi connectivity index (χ3n) is 5.76. The van der Waals surface area contributed by atoms with Gasteiger partial charge >= 0.3 is 12.4 Å². The van der Waals surface area contributed by atoms with Gasteiger partial charge in [-0.05, 0) is 47.4 Å². The highest BCUT2D eigenvalue weighted by Crippen LogP contribution is 2.53. The smallest absolute Gasteiger partial charge is 0.417 e. The van der Waals surface area contributed by atoms with Crippen molar-refractivity contribution >= 4 is 21.5 Å². The quantitative estimate of drug-likeness (QED) is 0.322. The van der Waals surface area contributed by atoms with Gasteiger partial charge in [0.2, 0.25) is 10.0 Å². The first-order valence-electron chi connectivity index (χ1n) is 10.8. The van der Waals surface area contributed by atoms with E-state index in [2.05, 4.69) is 0 Å². The predicted octanol–water partition coefficient (Wildman–Crippen LogP) is 5.45. The Hall–Kier alpha value is -3.22. The van der Waals surface area contributed by atoms with E-state index in [1.807, 2.05) is 0 Å². The monoisotopic (exact) mass is 551 g/mol. The Morgan fingerprint density at radius 2 is 1.51 bits per heavy atom. The van der Waals surface area contributed by atoms with Gasteiger partial charge in [-0.15, -0.1) is 0 Å². The van der Waals surface area contributed by atoms with Crippen molar-refractivity contribution in [1.29, 1.82) is 0 Å². The topological polar surface area (TPSA) is 72.9 Å². The fraction of sp³-hybridized carbons (Fsp3) is 0.375. The van der Waals surface area contributed by atoms with Crippen LogP contribution < -0.4 is 9.47 Å². The Labute approximate surface area is 209 Å². The van der Waals surface area contributed by atoms with Gasteiger partial charge < -0.3 is 9.47 Å². The molecule has 0 bridgehead atoms. The number of amides is 1. The maximum atomic E-state index is 14.9. The van der Waals surface area contributed by atoms with Gasteiger partial charge in [0, 0.05) is 18.9 Å². The van der Waals surface area contributed by atoms with Crippen molar-refractivity contribution in [3.63, 3.8) is 0 Å². The van der Waals surface area contributed by atoms with Crippen LogP contribution in [-0.4, -0.2) is 51.0 Å². The van der Waals surface area contributed by atoms with E-state index in [1.165, 1.54) is 31.4 Å². The van der Waals surface area contributed by atoms with E-state index in [1.54, 1.807) is 0 Å². The van der Waals surface area contributed by atoms with Crippen molar-refractivity contribution in [3.05, 3.63) is 65.7 Å². The molecule has 1 atom stereocenters.